The normalized spacial score (nSPS) is 23.2. The number of carbonyl (C=O) groups is 1. The van der Waals surface area contributed by atoms with E-state index in [0.29, 0.717) is 12.1 Å². The Hall–Kier alpha value is -1.58. The molecule has 0 saturated carbocycles. The van der Waals surface area contributed by atoms with Crippen LogP contribution in [0, 0.1) is 11.6 Å². The SMILES string of the molecule is COC(=O)[C@@H]1CC(O)CN1S(=O)(=O)c1ccc(F)c(F)c1. The number of hydrogen-bond donors (Lipinski definition) is 1. The van der Waals surface area contributed by atoms with Gasteiger partial charge in [-0.3, -0.25) is 4.79 Å². The first-order valence-electron chi connectivity index (χ1n) is 6.00. The number of β-amino-alcohol motifs (C(OH)–C–C–N with tert-alkyl or cyclic N) is 1. The number of aliphatic hydroxyl groups excluding tert-OH is 1. The number of carbonyl (C=O) groups excluding carboxylic acids is 1. The van der Waals surface area contributed by atoms with Crippen molar-refractivity contribution in [3.8, 4) is 0 Å². The van der Waals surface area contributed by atoms with Crippen LogP contribution in [0.25, 0.3) is 0 Å². The van der Waals surface area contributed by atoms with Gasteiger partial charge in [0.25, 0.3) is 0 Å². The van der Waals surface area contributed by atoms with E-state index in [1.165, 1.54) is 0 Å². The zero-order chi connectivity index (χ0) is 15.8. The van der Waals surface area contributed by atoms with Crippen LogP contribution < -0.4 is 0 Å². The molecule has 0 radical (unpaired) electrons. The Morgan fingerprint density at radius 2 is 2.05 bits per heavy atom. The predicted octanol–water partition coefficient (Wildman–Crippen LogP) is 0.262. The Bertz CT molecular complexity index is 664. The Labute approximate surface area is 120 Å². The molecule has 6 nitrogen and oxygen atoms in total. The van der Waals surface area contributed by atoms with Crippen molar-refractivity contribution in [3.63, 3.8) is 0 Å². The maximum absolute atomic E-state index is 13.2. The standard InChI is InChI=1S/C12H13F2NO5S/c1-20-12(17)11-4-7(16)6-15(11)21(18,19)8-2-3-9(13)10(14)5-8/h2-3,5,7,11,16H,4,6H2,1H3/t7?,11-/m0/s1. The van der Waals surface area contributed by atoms with Gasteiger partial charge >= 0.3 is 5.97 Å². The second kappa shape index (κ2) is 5.66. The Kier molecular flexibility index (Phi) is 4.26. The molecule has 1 aliphatic rings. The smallest absolute Gasteiger partial charge is 0.324 e. The molecule has 0 spiro atoms. The van der Waals surface area contributed by atoms with Crippen molar-refractivity contribution in [1.82, 2.24) is 4.31 Å². The average molecular weight is 321 g/mol. The van der Waals surface area contributed by atoms with E-state index >= 15 is 0 Å². The topological polar surface area (TPSA) is 83.9 Å². The van der Waals surface area contributed by atoms with Gasteiger partial charge in [0.2, 0.25) is 10.0 Å². The van der Waals surface area contributed by atoms with E-state index in [1.54, 1.807) is 0 Å². The number of aliphatic hydroxyl groups is 1. The van der Waals surface area contributed by atoms with Crippen molar-refractivity contribution in [2.45, 2.75) is 23.5 Å². The summed E-state index contributed by atoms with van der Waals surface area (Å²) in [5, 5.41) is 9.58. The molecule has 2 rings (SSSR count). The van der Waals surface area contributed by atoms with E-state index in [-0.39, 0.29) is 13.0 Å². The van der Waals surface area contributed by atoms with Crippen LogP contribution in [-0.4, -0.2) is 49.6 Å². The molecule has 1 fully saturated rings. The third-order valence-corrected chi connectivity index (χ3v) is 5.08. The number of sulfonamides is 1. The Morgan fingerprint density at radius 1 is 1.38 bits per heavy atom. The van der Waals surface area contributed by atoms with Gasteiger partial charge in [-0.25, -0.2) is 17.2 Å². The number of methoxy groups -OCH3 is 1. The van der Waals surface area contributed by atoms with Crippen LogP contribution in [0.3, 0.4) is 0 Å². The monoisotopic (exact) mass is 321 g/mol. The van der Waals surface area contributed by atoms with E-state index in [4.69, 9.17) is 0 Å². The summed E-state index contributed by atoms with van der Waals surface area (Å²) in [6.45, 7) is -0.318. The van der Waals surface area contributed by atoms with Gasteiger partial charge in [-0.1, -0.05) is 0 Å². The summed E-state index contributed by atoms with van der Waals surface area (Å²) in [5.74, 6) is -3.32. The van der Waals surface area contributed by atoms with Gasteiger partial charge in [0.05, 0.1) is 18.1 Å². The minimum atomic E-state index is -4.25. The maximum Gasteiger partial charge on any atom is 0.324 e. The molecule has 21 heavy (non-hydrogen) atoms. The lowest BCUT2D eigenvalue weighted by Gasteiger charge is -2.21. The number of rotatable bonds is 3. The van der Waals surface area contributed by atoms with Crippen molar-refractivity contribution in [3.05, 3.63) is 29.8 Å². The summed E-state index contributed by atoms with van der Waals surface area (Å²) < 4.78 is 56.1. The highest BCUT2D eigenvalue weighted by molar-refractivity contribution is 7.89. The highest BCUT2D eigenvalue weighted by Gasteiger charge is 2.44. The molecule has 1 saturated heterocycles. The second-order valence-corrected chi connectivity index (χ2v) is 6.47. The van der Waals surface area contributed by atoms with Crippen LogP contribution in [-0.2, 0) is 19.6 Å². The molecule has 2 atom stereocenters. The number of halogens is 2. The van der Waals surface area contributed by atoms with Crippen LogP contribution in [0.15, 0.2) is 23.1 Å². The number of hydrogen-bond acceptors (Lipinski definition) is 5. The average Bonchev–Trinajstić information content (AvgIpc) is 2.83. The molecule has 1 aromatic carbocycles. The number of benzene rings is 1. The summed E-state index contributed by atoms with van der Waals surface area (Å²) >= 11 is 0. The first-order chi connectivity index (χ1) is 9.77. The Morgan fingerprint density at radius 3 is 2.62 bits per heavy atom. The highest BCUT2D eigenvalue weighted by Crippen LogP contribution is 2.27. The second-order valence-electron chi connectivity index (χ2n) is 4.58. The third kappa shape index (κ3) is 2.89. The number of nitrogens with zero attached hydrogens (tertiary/aromatic N) is 1. The Balaban J connectivity index is 2.41. The van der Waals surface area contributed by atoms with Crippen molar-refractivity contribution >= 4 is 16.0 Å². The molecule has 0 aliphatic carbocycles. The van der Waals surface area contributed by atoms with Crippen molar-refractivity contribution in [2.24, 2.45) is 0 Å². The van der Waals surface area contributed by atoms with Gasteiger partial charge in [0.1, 0.15) is 6.04 Å². The lowest BCUT2D eigenvalue weighted by Crippen LogP contribution is -2.41. The minimum absolute atomic E-state index is 0.115. The van der Waals surface area contributed by atoms with Crippen molar-refractivity contribution < 1.29 is 31.8 Å². The fourth-order valence-corrected chi connectivity index (χ4v) is 3.81. The highest BCUT2D eigenvalue weighted by atomic mass is 32.2. The molecular formula is C12H13F2NO5S. The predicted molar refractivity (Wildman–Crippen MR) is 66.7 cm³/mol. The molecule has 1 unspecified atom stereocenters. The van der Waals surface area contributed by atoms with Crippen LogP contribution in [0.2, 0.25) is 0 Å². The van der Waals surface area contributed by atoms with Gasteiger partial charge in [0, 0.05) is 13.0 Å². The molecule has 1 aliphatic heterocycles. The quantitative estimate of drug-likeness (QED) is 0.808. The largest absolute Gasteiger partial charge is 0.468 e. The molecule has 1 heterocycles. The molecule has 0 bridgehead atoms. The molecule has 0 amide bonds. The molecule has 0 aromatic heterocycles. The van der Waals surface area contributed by atoms with Gasteiger partial charge in [0.15, 0.2) is 11.6 Å². The van der Waals surface area contributed by atoms with E-state index in [0.717, 1.165) is 17.5 Å². The summed E-state index contributed by atoms with van der Waals surface area (Å²) in [6, 6.07) is 0.918. The molecule has 1 N–H and O–H groups in total. The summed E-state index contributed by atoms with van der Waals surface area (Å²) in [4.78, 5) is 11.1. The van der Waals surface area contributed by atoms with Crippen molar-refractivity contribution in [1.29, 1.82) is 0 Å². The van der Waals surface area contributed by atoms with E-state index in [2.05, 4.69) is 4.74 Å². The van der Waals surface area contributed by atoms with Gasteiger partial charge < -0.3 is 9.84 Å². The van der Waals surface area contributed by atoms with E-state index in [1.807, 2.05) is 0 Å². The zero-order valence-corrected chi connectivity index (χ0v) is 11.8. The minimum Gasteiger partial charge on any atom is -0.468 e. The van der Waals surface area contributed by atoms with Crippen LogP contribution in [0.4, 0.5) is 8.78 Å². The summed E-state index contributed by atoms with van der Waals surface area (Å²) in [7, 11) is -3.16. The zero-order valence-electron chi connectivity index (χ0n) is 11.0. The molecule has 1 aromatic rings. The summed E-state index contributed by atoms with van der Waals surface area (Å²) in [5.41, 5.74) is 0. The number of ether oxygens (including phenoxy) is 1. The fourth-order valence-electron chi connectivity index (χ4n) is 2.17. The van der Waals surface area contributed by atoms with Crippen LogP contribution in [0.1, 0.15) is 6.42 Å². The van der Waals surface area contributed by atoms with Gasteiger partial charge in [-0.15, -0.1) is 0 Å². The van der Waals surface area contributed by atoms with E-state index < -0.39 is 44.7 Å². The molecule has 9 heteroatoms. The third-order valence-electron chi connectivity index (χ3n) is 3.20. The van der Waals surface area contributed by atoms with Crippen LogP contribution >= 0.6 is 0 Å². The first-order valence-corrected chi connectivity index (χ1v) is 7.44. The maximum atomic E-state index is 13.2. The molecular weight excluding hydrogens is 308 g/mol. The van der Waals surface area contributed by atoms with Crippen molar-refractivity contribution in [2.75, 3.05) is 13.7 Å². The lowest BCUT2D eigenvalue weighted by molar-refractivity contribution is -0.144. The van der Waals surface area contributed by atoms with E-state index in [9.17, 15) is 27.1 Å². The van der Waals surface area contributed by atoms with Gasteiger partial charge in [-0.05, 0) is 18.2 Å². The van der Waals surface area contributed by atoms with Crippen LogP contribution in [0.5, 0.6) is 0 Å². The number of esters is 1. The molecule has 116 valence electrons. The summed E-state index contributed by atoms with van der Waals surface area (Å²) in [6.07, 6.45) is -1.15. The fraction of sp³-hybridized carbons (Fsp3) is 0.417. The first kappa shape index (κ1) is 15.8. The lowest BCUT2D eigenvalue weighted by atomic mass is 10.2. The van der Waals surface area contributed by atoms with Gasteiger partial charge in [-0.2, -0.15) is 4.31 Å².